The van der Waals surface area contributed by atoms with Gasteiger partial charge in [0.25, 0.3) is 5.91 Å². The Morgan fingerprint density at radius 2 is 1.94 bits per heavy atom. The van der Waals surface area contributed by atoms with Crippen LogP contribution in [-0.4, -0.2) is 18.6 Å². The Labute approximate surface area is 104 Å². The van der Waals surface area contributed by atoms with Crippen molar-refractivity contribution in [1.29, 1.82) is 0 Å². The third-order valence-electron chi connectivity index (χ3n) is 2.62. The van der Waals surface area contributed by atoms with E-state index in [1.807, 2.05) is 24.4 Å². The van der Waals surface area contributed by atoms with Crippen LogP contribution in [0.25, 0.3) is 0 Å². The lowest BCUT2D eigenvalue weighted by atomic mass is 10.2. The summed E-state index contributed by atoms with van der Waals surface area (Å²) in [5, 5.41) is 1.86. The van der Waals surface area contributed by atoms with E-state index < -0.39 is 24.7 Å². The molecule has 0 bridgehead atoms. The number of alkyl halides is 3. The van der Waals surface area contributed by atoms with Crippen LogP contribution in [0.1, 0.15) is 25.5 Å². The van der Waals surface area contributed by atoms with Crippen LogP contribution < -0.4 is 9.88 Å². The zero-order valence-corrected chi connectivity index (χ0v) is 10.3. The number of halogens is 3. The van der Waals surface area contributed by atoms with Crippen LogP contribution in [0.3, 0.4) is 0 Å². The average Bonchev–Trinajstić information content (AvgIpc) is 2.34. The number of pyridine rings is 1. The molecule has 1 N–H and O–H groups in total. The third-order valence-corrected chi connectivity index (χ3v) is 2.62. The highest BCUT2D eigenvalue weighted by Gasteiger charge is 2.30. The third kappa shape index (κ3) is 4.35. The zero-order chi connectivity index (χ0) is 13.8. The van der Waals surface area contributed by atoms with E-state index in [4.69, 9.17) is 0 Å². The van der Waals surface area contributed by atoms with E-state index in [0.717, 1.165) is 12.0 Å². The zero-order valence-electron chi connectivity index (χ0n) is 10.3. The van der Waals surface area contributed by atoms with Crippen LogP contribution in [0.2, 0.25) is 0 Å². The van der Waals surface area contributed by atoms with Crippen LogP contribution in [0.5, 0.6) is 0 Å². The average molecular weight is 261 g/mol. The first-order valence-corrected chi connectivity index (χ1v) is 5.67. The molecule has 1 atom stereocenters. The molecule has 1 rings (SSSR count). The Balaban J connectivity index is 2.62. The van der Waals surface area contributed by atoms with Gasteiger partial charge in [-0.2, -0.15) is 17.7 Å². The number of hydrogen-bond donors (Lipinski definition) is 1. The molecule has 0 saturated heterocycles. The predicted molar refractivity (Wildman–Crippen MR) is 59.8 cm³/mol. The molecule has 3 nitrogen and oxygen atoms in total. The van der Waals surface area contributed by atoms with E-state index in [2.05, 4.69) is 0 Å². The molecule has 18 heavy (non-hydrogen) atoms. The van der Waals surface area contributed by atoms with Gasteiger partial charge < -0.3 is 5.32 Å². The summed E-state index contributed by atoms with van der Waals surface area (Å²) >= 11 is 0. The number of aryl methyl sites for hydroxylation is 1. The number of nitrogens with one attached hydrogen (secondary N) is 1. The van der Waals surface area contributed by atoms with Crippen LogP contribution in [0.15, 0.2) is 24.5 Å². The van der Waals surface area contributed by atoms with Gasteiger partial charge >= 0.3 is 6.18 Å². The smallest absolute Gasteiger partial charge is 0.341 e. The quantitative estimate of drug-likeness (QED) is 0.823. The van der Waals surface area contributed by atoms with Crippen molar-refractivity contribution in [2.24, 2.45) is 0 Å². The van der Waals surface area contributed by atoms with E-state index >= 15 is 0 Å². The molecule has 100 valence electrons. The first kappa shape index (κ1) is 14.5. The van der Waals surface area contributed by atoms with Gasteiger partial charge in [-0.25, -0.2) is 0 Å². The minimum absolute atomic E-state index is 0.651. The summed E-state index contributed by atoms with van der Waals surface area (Å²) in [5.41, 5.74) is 1.11. The van der Waals surface area contributed by atoms with Crippen molar-refractivity contribution in [3.05, 3.63) is 30.1 Å². The number of amides is 1. The summed E-state index contributed by atoms with van der Waals surface area (Å²) in [4.78, 5) is 11.5. The van der Waals surface area contributed by atoms with Crippen molar-refractivity contribution < 1.29 is 22.5 Å². The van der Waals surface area contributed by atoms with Crippen molar-refractivity contribution in [2.45, 2.75) is 32.5 Å². The van der Waals surface area contributed by atoms with E-state index in [0.29, 0.717) is 0 Å². The van der Waals surface area contributed by atoms with E-state index in [1.165, 1.54) is 0 Å². The number of carbonyl (C=O) groups is 1. The molecule has 0 aliphatic heterocycles. The maximum absolute atomic E-state index is 12.0. The van der Waals surface area contributed by atoms with Gasteiger partial charge in [0.05, 0.1) is 0 Å². The van der Waals surface area contributed by atoms with Crippen molar-refractivity contribution >= 4 is 5.91 Å². The molecule has 0 spiro atoms. The number of hydrogen-bond acceptors (Lipinski definition) is 1. The lowest BCUT2D eigenvalue weighted by molar-refractivity contribution is -0.706. The minimum Gasteiger partial charge on any atom is -0.341 e. The van der Waals surface area contributed by atoms with Gasteiger partial charge in [-0.1, -0.05) is 6.92 Å². The Morgan fingerprint density at radius 1 is 1.39 bits per heavy atom. The fourth-order valence-electron chi connectivity index (χ4n) is 1.43. The second-order valence-corrected chi connectivity index (χ2v) is 4.02. The van der Waals surface area contributed by atoms with Gasteiger partial charge in [0, 0.05) is 19.1 Å². The van der Waals surface area contributed by atoms with Gasteiger partial charge in [-0.05, 0) is 12.0 Å². The second kappa shape index (κ2) is 5.84. The maximum atomic E-state index is 12.0. The predicted octanol–water partition coefficient (Wildman–Crippen LogP) is 1.78. The molecule has 1 aromatic heterocycles. The van der Waals surface area contributed by atoms with Crippen LogP contribution in [0.4, 0.5) is 13.2 Å². The Hall–Kier alpha value is -1.59. The number of carbonyl (C=O) groups excluding carboxylic acids is 1. The minimum atomic E-state index is -4.38. The summed E-state index contributed by atoms with van der Waals surface area (Å²) in [6.45, 7) is 2.25. The Bertz CT molecular complexity index is 401. The van der Waals surface area contributed by atoms with Crippen LogP contribution in [-0.2, 0) is 11.2 Å². The van der Waals surface area contributed by atoms with Crippen molar-refractivity contribution in [1.82, 2.24) is 5.32 Å². The molecule has 1 heterocycles. The molecule has 0 radical (unpaired) electrons. The summed E-state index contributed by atoms with van der Waals surface area (Å²) in [6, 6.07) is 3.01. The molecular weight excluding hydrogens is 245 g/mol. The normalized spacial score (nSPS) is 13.2. The van der Waals surface area contributed by atoms with Gasteiger partial charge in [-0.15, -0.1) is 0 Å². The van der Waals surface area contributed by atoms with E-state index in [9.17, 15) is 18.0 Å². The summed E-state index contributed by atoms with van der Waals surface area (Å²) < 4.78 is 37.5. The van der Waals surface area contributed by atoms with Gasteiger partial charge in [0.1, 0.15) is 6.54 Å². The summed E-state index contributed by atoms with van der Waals surface area (Å²) in [5.74, 6) is -0.651. The number of rotatable bonds is 4. The number of aromatic nitrogens is 1. The van der Waals surface area contributed by atoms with E-state index in [1.54, 1.807) is 23.9 Å². The first-order chi connectivity index (χ1) is 8.33. The SMILES string of the molecule is CCc1cc[n+]([C@H](C)C(=O)NCC(F)(F)F)cc1. The first-order valence-electron chi connectivity index (χ1n) is 5.67. The molecule has 0 fully saturated rings. The monoisotopic (exact) mass is 261 g/mol. The van der Waals surface area contributed by atoms with Crippen LogP contribution >= 0.6 is 0 Å². The van der Waals surface area contributed by atoms with Crippen molar-refractivity contribution in [3.8, 4) is 0 Å². The highest BCUT2D eigenvalue weighted by atomic mass is 19.4. The molecule has 1 aromatic rings. The summed E-state index contributed by atoms with van der Waals surface area (Å²) in [6.07, 6.45) is -0.130. The molecule has 0 unspecified atom stereocenters. The van der Waals surface area contributed by atoms with Crippen LogP contribution in [0, 0.1) is 0 Å². The van der Waals surface area contributed by atoms with Gasteiger partial charge in [-0.3, -0.25) is 4.79 Å². The van der Waals surface area contributed by atoms with E-state index in [-0.39, 0.29) is 0 Å². The fourth-order valence-corrected chi connectivity index (χ4v) is 1.43. The lowest BCUT2D eigenvalue weighted by Gasteiger charge is -2.10. The van der Waals surface area contributed by atoms with Gasteiger partial charge in [0.2, 0.25) is 6.04 Å². The molecule has 0 saturated carbocycles. The van der Waals surface area contributed by atoms with Crippen molar-refractivity contribution in [3.63, 3.8) is 0 Å². The highest BCUT2D eigenvalue weighted by molar-refractivity contribution is 5.78. The maximum Gasteiger partial charge on any atom is 0.405 e. The fraction of sp³-hybridized carbons (Fsp3) is 0.500. The Kier molecular flexibility index (Phi) is 4.69. The molecular formula is C12H16F3N2O+. The summed E-state index contributed by atoms with van der Waals surface area (Å²) in [7, 11) is 0. The largest absolute Gasteiger partial charge is 0.405 e. The standard InChI is InChI=1S/C12H15F3N2O/c1-3-10-4-6-17(7-5-10)9(2)11(18)16-8-12(13,14)15/h4-7,9H,3,8H2,1-2H3/p+1/t9-/m1/s1. The molecule has 0 aliphatic carbocycles. The number of nitrogens with zero attached hydrogens (tertiary/aromatic N) is 1. The van der Waals surface area contributed by atoms with Crippen molar-refractivity contribution in [2.75, 3.05) is 6.54 Å². The second-order valence-electron chi connectivity index (χ2n) is 4.02. The molecule has 0 aliphatic rings. The molecule has 6 heteroatoms. The molecule has 1 amide bonds. The topological polar surface area (TPSA) is 33.0 Å². The Morgan fingerprint density at radius 3 is 2.39 bits per heavy atom. The van der Waals surface area contributed by atoms with Gasteiger partial charge in [0.15, 0.2) is 12.4 Å². The molecule has 0 aromatic carbocycles. The highest BCUT2D eigenvalue weighted by Crippen LogP contribution is 2.12. The lowest BCUT2D eigenvalue weighted by Crippen LogP contribution is -2.48.